The third kappa shape index (κ3) is 9.90. The molecule has 4 heterocycles. The number of pyridine rings is 2. The number of ether oxygens (including phenoxy) is 1. The van der Waals surface area contributed by atoms with E-state index in [9.17, 15) is 35.9 Å². The number of carbonyl (C=O) groups excluding carboxylic acids is 1. The van der Waals surface area contributed by atoms with Crippen LogP contribution in [0, 0.1) is 0 Å². The van der Waals surface area contributed by atoms with Gasteiger partial charge in [-0.05, 0) is 44.1 Å². The van der Waals surface area contributed by atoms with Crippen LogP contribution in [0.4, 0.5) is 26.3 Å². The molecule has 0 aliphatic carbocycles. The first-order valence-electron chi connectivity index (χ1n) is 14.2. The van der Waals surface area contributed by atoms with E-state index in [0.717, 1.165) is 40.9 Å². The van der Waals surface area contributed by atoms with E-state index in [1.165, 1.54) is 37.7 Å². The van der Waals surface area contributed by atoms with Crippen LogP contribution >= 0.6 is 11.3 Å². The number of hydrogen-bond acceptors (Lipinski definition) is 8. The number of piperidine rings is 1. The normalized spacial score (nSPS) is 13.6. The van der Waals surface area contributed by atoms with Crippen molar-refractivity contribution in [1.29, 1.82) is 0 Å². The maximum Gasteiger partial charge on any atom is 0.490 e. The zero-order valence-corrected chi connectivity index (χ0v) is 26.0. The van der Waals surface area contributed by atoms with E-state index in [1.54, 1.807) is 10.8 Å². The molecule has 1 aliphatic rings. The second-order valence-corrected chi connectivity index (χ2v) is 11.2. The molecule has 0 radical (unpaired) electrons. The van der Waals surface area contributed by atoms with Crippen LogP contribution in [0.5, 0.6) is 5.75 Å². The Kier molecular flexibility index (Phi) is 12.9. The molecule has 11 nitrogen and oxygen atoms in total. The Morgan fingerprint density at radius 3 is 2.06 bits per heavy atom. The topological polar surface area (TPSA) is 151 Å². The van der Waals surface area contributed by atoms with Gasteiger partial charge in [-0.15, -0.1) is 11.3 Å². The number of halogens is 6. The number of fused-ring (bicyclic) bond motifs is 3. The van der Waals surface area contributed by atoms with E-state index in [0.29, 0.717) is 29.1 Å². The first-order chi connectivity index (χ1) is 22.6. The van der Waals surface area contributed by atoms with Gasteiger partial charge in [0.05, 0.1) is 29.6 Å². The molecule has 1 saturated heterocycles. The molecule has 18 heteroatoms. The Labute approximate surface area is 272 Å². The molecule has 1 amide bonds. The number of aromatic nitrogens is 2. The summed E-state index contributed by atoms with van der Waals surface area (Å²) in [7, 11) is 1.52. The second-order valence-electron chi connectivity index (χ2n) is 10.2. The van der Waals surface area contributed by atoms with Crippen LogP contribution in [0.15, 0.2) is 53.5 Å². The molecule has 3 N–H and O–H groups in total. The predicted octanol–water partition coefficient (Wildman–Crippen LogP) is 5.15. The predicted molar refractivity (Wildman–Crippen MR) is 163 cm³/mol. The summed E-state index contributed by atoms with van der Waals surface area (Å²) in [5.41, 5.74) is 1.42. The molecule has 4 aromatic rings. The van der Waals surface area contributed by atoms with E-state index in [-0.39, 0.29) is 11.5 Å². The van der Waals surface area contributed by atoms with E-state index in [2.05, 4.69) is 15.2 Å². The average Bonchev–Trinajstić information content (AvgIpc) is 3.44. The highest BCUT2D eigenvalue weighted by Crippen LogP contribution is 2.39. The quantitative estimate of drug-likeness (QED) is 0.222. The van der Waals surface area contributed by atoms with Crippen LogP contribution in [0.1, 0.15) is 34.6 Å². The highest BCUT2D eigenvalue weighted by molar-refractivity contribution is 7.22. The van der Waals surface area contributed by atoms with Crippen molar-refractivity contribution in [2.24, 2.45) is 0 Å². The number of carbonyl (C=O) groups is 3. The van der Waals surface area contributed by atoms with Crippen molar-refractivity contribution >= 4 is 50.2 Å². The minimum Gasteiger partial charge on any atom is -0.494 e. The Balaban J connectivity index is 0.000000376. The summed E-state index contributed by atoms with van der Waals surface area (Å²) < 4.78 is 71.6. The lowest BCUT2D eigenvalue weighted by atomic mass is 10.1. The molecule has 260 valence electrons. The van der Waals surface area contributed by atoms with Gasteiger partial charge < -0.3 is 29.7 Å². The summed E-state index contributed by atoms with van der Waals surface area (Å²) in [5, 5.41) is 18.7. The van der Waals surface area contributed by atoms with Crippen LogP contribution in [0.2, 0.25) is 0 Å². The van der Waals surface area contributed by atoms with Crippen molar-refractivity contribution in [3.8, 4) is 5.75 Å². The fourth-order valence-electron chi connectivity index (χ4n) is 4.69. The Morgan fingerprint density at radius 1 is 0.938 bits per heavy atom. The van der Waals surface area contributed by atoms with Crippen molar-refractivity contribution < 1.29 is 55.7 Å². The maximum absolute atomic E-state index is 13.7. The van der Waals surface area contributed by atoms with Crippen molar-refractivity contribution in [2.75, 3.05) is 33.3 Å². The van der Waals surface area contributed by atoms with Gasteiger partial charge >= 0.3 is 24.3 Å². The summed E-state index contributed by atoms with van der Waals surface area (Å²) in [6, 6.07) is 13.4. The molecule has 0 spiro atoms. The van der Waals surface area contributed by atoms with Crippen molar-refractivity contribution in [3.63, 3.8) is 0 Å². The minimum atomic E-state index is -5.08. The molecular weight excluding hydrogens is 674 g/mol. The van der Waals surface area contributed by atoms with Crippen molar-refractivity contribution in [2.45, 2.75) is 38.2 Å². The van der Waals surface area contributed by atoms with Crippen LogP contribution in [-0.4, -0.2) is 88.2 Å². The number of rotatable bonds is 7. The molecule has 0 bridgehead atoms. The van der Waals surface area contributed by atoms with Gasteiger partial charge in [0.15, 0.2) is 5.75 Å². The monoisotopic (exact) mass is 704 g/mol. The Morgan fingerprint density at radius 2 is 1.52 bits per heavy atom. The van der Waals surface area contributed by atoms with E-state index < -0.39 is 24.3 Å². The minimum absolute atomic E-state index is 0.181. The smallest absolute Gasteiger partial charge is 0.490 e. The SMILES string of the molecule is COc1c(C(=O)NCCN2CCCCC2)sc2c1c(=O)n(Cc1ccccn1)c1ccccc21.O=C(O)C(F)(F)F.O=C(O)C(F)(F)F. The Bertz CT molecular complexity index is 1760. The molecule has 0 unspecified atom stereocenters. The largest absolute Gasteiger partial charge is 0.494 e. The highest BCUT2D eigenvalue weighted by Gasteiger charge is 2.39. The molecule has 1 aromatic carbocycles. The van der Waals surface area contributed by atoms with E-state index in [1.807, 2.05) is 42.5 Å². The number of nitrogens with one attached hydrogen (secondary N) is 1. The van der Waals surface area contributed by atoms with Gasteiger partial charge in [-0.3, -0.25) is 14.6 Å². The third-order valence-electron chi connectivity index (χ3n) is 6.87. The lowest BCUT2D eigenvalue weighted by Crippen LogP contribution is -2.37. The molecule has 48 heavy (non-hydrogen) atoms. The molecule has 5 rings (SSSR count). The summed E-state index contributed by atoms with van der Waals surface area (Å²) in [6.45, 7) is 3.92. The van der Waals surface area contributed by atoms with E-state index in [4.69, 9.17) is 24.5 Å². The molecule has 1 fully saturated rings. The lowest BCUT2D eigenvalue weighted by molar-refractivity contribution is -0.193. The number of benzene rings is 1. The lowest BCUT2D eigenvalue weighted by Gasteiger charge is -2.26. The van der Waals surface area contributed by atoms with Gasteiger partial charge in [-0.25, -0.2) is 9.59 Å². The summed E-state index contributed by atoms with van der Waals surface area (Å²) in [4.78, 5) is 51.9. The fourth-order valence-corrected chi connectivity index (χ4v) is 5.90. The molecule has 1 aliphatic heterocycles. The van der Waals surface area contributed by atoms with Crippen LogP contribution in [0.3, 0.4) is 0 Å². The number of alkyl halides is 6. The summed E-state index contributed by atoms with van der Waals surface area (Å²) >= 11 is 1.32. The van der Waals surface area contributed by atoms with Crippen LogP contribution in [-0.2, 0) is 16.1 Å². The zero-order valence-electron chi connectivity index (χ0n) is 25.2. The zero-order chi connectivity index (χ0) is 35.6. The fraction of sp³-hybridized carbons (Fsp3) is 0.367. The number of amides is 1. The standard InChI is InChI=1S/C26H28N4O3S.2C2HF3O2/c1-33-22-21-23(34-24(22)25(31)28-13-16-29-14-7-2-8-15-29)19-10-3-4-11-20(19)30(26(21)32)17-18-9-5-6-12-27-18;2*3-2(4,5)1(6)7/h3-6,9-12H,2,7-8,13-17H2,1H3,(H,28,31);2*(H,6,7). The number of carboxylic acid groups (broad SMARTS) is 2. The van der Waals surface area contributed by atoms with Gasteiger partial charge in [-0.2, -0.15) is 26.3 Å². The highest BCUT2D eigenvalue weighted by atomic mass is 32.1. The molecule has 0 saturated carbocycles. The number of hydrogen-bond donors (Lipinski definition) is 3. The number of aliphatic carboxylic acids is 2. The average molecular weight is 705 g/mol. The van der Waals surface area contributed by atoms with Gasteiger partial charge in [0.1, 0.15) is 10.3 Å². The van der Waals surface area contributed by atoms with Gasteiger partial charge in [-0.1, -0.05) is 30.7 Å². The molecule has 0 atom stereocenters. The number of methoxy groups -OCH3 is 1. The van der Waals surface area contributed by atoms with Crippen LogP contribution < -0.4 is 15.6 Å². The Hall–Kier alpha value is -4.71. The van der Waals surface area contributed by atoms with Gasteiger partial charge in [0.25, 0.3) is 11.5 Å². The number of nitrogens with zero attached hydrogens (tertiary/aromatic N) is 3. The first kappa shape index (κ1) is 37.7. The van der Waals surface area contributed by atoms with Crippen molar-refractivity contribution in [3.05, 3.63) is 69.6 Å². The number of para-hydroxylation sites is 1. The van der Waals surface area contributed by atoms with E-state index >= 15 is 0 Å². The first-order valence-corrected chi connectivity index (χ1v) is 15.0. The third-order valence-corrected chi connectivity index (χ3v) is 8.07. The van der Waals surface area contributed by atoms with Gasteiger partial charge in [0.2, 0.25) is 0 Å². The van der Waals surface area contributed by atoms with Crippen molar-refractivity contribution in [1.82, 2.24) is 19.8 Å². The second kappa shape index (κ2) is 16.4. The number of likely N-dealkylation sites (tertiary alicyclic amines) is 1. The number of thiophene rings is 1. The van der Waals surface area contributed by atoms with Gasteiger partial charge in [0, 0.05) is 24.7 Å². The summed E-state index contributed by atoms with van der Waals surface area (Å²) in [5.74, 6) is -5.36. The van der Waals surface area contributed by atoms with Crippen LogP contribution in [0.25, 0.3) is 21.0 Å². The molecular formula is C30H30F6N4O7S. The number of carboxylic acids is 2. The summed E-state index contributed by atoms with van der Waals surface area (Å²) in [6.07, 6.45) is -4.72. The maximum atomic E-state index is 13.7. The molecule has 3 aromatic heterocycles.